The third-order valence-corrected chi connectivity index (χ3v) is 4.31. The standard InChI is InChI=1S/C18H19F3N10/c1-25-31-15(18(19,20)21)10(9-27-31)14-12(4-2-6-22)29-17(30-16(14)24)28-11-5-3-7-26-13(11)8-23/h3,5,7,9,25H,2,4,6,22H2,1H3,(H3,24,28,29,30). The first-order valence-electron chi connectivity index (χ1n) is 9.12. The highest BCUT2D eigenvalue weighted by atomic mass is 19.4. The summed E-state index contributed by atoms with van der Waals surface area (Å²) >= 11 is 0. The summed E-state index contributed by atoms with van der Waals surface area (Å²) in [6, 6.07) is 5.13. The van der Waals surface area contributed by atoms with Gasteiger partial charge in [0.2, 0.25) is 5.95 Å². The molecule has 31 heavy (non-hydrogen) atoms. The van der Waals surface area contributed by atoms with Crippen LogP contribution in [0.2, 0.25) is 0 Å². The quantitative estimate of drug-likeness (QED) is 0.438. The molecule has 0 saturated heterocycles. The maximum Gasteiger partial charge on any atom is 0.435 e. The van der Waals surface area contributed by atoms with Gasteiger partial charge in [0, 0.05) is 24.4 Å². The van der Waals surface area contributed by atoms with E-state index in [2.05, 4.69) is 30.8 Å². The summed E-state index contributed by atoms with van der Waals surface area (Å²) in [5, 5.41) is 15.8. The van der Waals surface area contributed by atoms with E-state index in [9.17, 15) is 18.4 Å². The lowest BCUT2D eigenvalue weighted by molar-refractivity contribution is -0.142. The van der Waals surface area contributed by atoms with Crippen molar-refractivity contribution in [3.05, 3.63) is 41.6 Å². The number of aryl methyl sites for hydroxylation is 1. The highest BCUT2D eigenvalue weighted by Gasteiger charge is 2.40. The number of halogens is 3. The van der Waals surface area contributed by atoms with Gasteiger partial charge in [-0.05, 0) is 31.5 Å². The van der Waals surface area contributed by atoms with E-state index in [1.54, 1.807) is 12.1 Å². The maximum atomic E-state index is 13.7. The van der Waals surface area contributed by atoms with E-state index < -0.39 is 11.9 Å². The monoisotopic (exact) mass is 432 g/mol. The Hall–Kier alpha value is -3.92. The summed E-state index contributed by atoms with van der Waals surface area (Å²) in [5.41, 5.74) is 13.5. The number of nitrogens with two attached hydrogens (primary N) is 2. The zero-order valence-electron chi connectivity index (χ0n) is 16.4. The molecule has 10 nitrogen and oxygen atoms in total. The van der Waals surface area contributed by atoms with Crippen LogP contribution in [0.5, 0.6) is 0 Å². The van der Waals surface area contributed by atoms with Crippen LogP contribution in [-0.2, 0) is 12.6 Å². The Morgan fingerprint density at radius 1 is 1.29 bits per heavy atom. The van der Waals surface area contributed by atoms with Crippen LogP contribution >= 0.6 is 0 Å². The predicted molar refractivity (Wildman–Crippen MR) is 108 cm³/mol. The van der Waals surface area contributed by atoms with Crippen LogP contribution in [0.3, 0.4) is 0 Å². The number of nitrogens with one attached hydrogen (secondary N) is 2. The number of pyridine rings is 1. The minimum Gasteiger partial charge on any atom is -0.383 e. The molecule has 3 rings (SSSR count). The molecule has 0 amide bonds. The third kappa shape index (κ3) is 4.48. The van der Waals surface area contributed by atoms with E-state index >= 15 is 0 Å². The van der Waals surface area contributed by atoms with E-state index in [1.807, 2.05) is 6.07 Å². The van der Waals surface area contributed by atoms with Crippen LogP contribution in [0, 0.1) is 11.3 Å². The van der Waals surface area contributed by atoms with Gasteiger partial charge in [0.25, 0.3) is 0 Å². The highest BCUT2D eigenvalue weighted by molar-refractivity contribution is 5.79. The van der Waals surface area contributed by atoms with Crippen LogP contribution in [0.1, 0.15) is 23.5 Å². The largest absolute Gasteiger partial charge is 0.435 e. The van der Waals surface area contributed by atoms with Crippen molar-refractivity contribution in [2.24, 2.45) is 5.73 Å². The minimum absolute atomic E-state index is 0.0207. The lowest BCUT2D eigenvalue weighted by Gasteiger charge is -2.16. The molecule has 3 aromatic heterocycles. The fourth-order valence-electron chi connectivity index (χ4n) is 3.02. The van der Waals surface area contributed by atoms with Crippen molar-refractivity contribution in [3.8, 4) is 17.2 Å². The zero-order valence-corrected chi connectivity index (χ0v) is 16.4. The summed E-state index contributed by atoms with van der Waals surface area (Å²) in [7, 11) is 1.31. The Balaban J connectivity index is 2.15. The third-order valence-electron chi connectivity index (χ3n) is 4.31. The highest BCUT2D eigenvalue weighted by Crippen LogP contribution is 2.40. The van der Waals surface area contributed by atoms with Crippen molar-refractivity contribution >= 4 is 17.5 Å². The molecular formula is C18H19F3N10. The van der Waals surface area contributed by atoms with Crippen LogP contribution in [0.4, 0.5) is 30.6 Å². The van der Waals surface area contributed by atoms with E-state index in [1.165, 1.54) is 13.2 Å². The molecule has 0 aliphatic rings. The lowest BCUT2D eigenvalue weighted by Crippen LogP contribution is -2.21. The van der Waals surface area contributed by atoms with Gasteiger partial charge in [-0.15, -0.1) is 0 Å². The molecule has 0 atom stereocenters. The van der Waals surface area contributed by atoms with Crippen LogP contribution in [0.25, 0.3) is 11.1 Å². The zero-order chi connectivity index (χ0) is 22.6. The van der Waals surface area contributed by atoms with E-state index in [4.69, 9.17) is 11.5 Å². The number of anilines is 3. The van der Waals surface area contributed by atoms with Crippen molar-refractivity contribution in [3.63, 3.8) is 0 Å². The summed E-state index contributed by atoms with van der Waals surface area (Å²) < 4.78 is 41.2. The fraction of sp³-hybridized carbons (Fsp3) is 0.278. The molecule has 6 N–H and O–H groups in total. The van der Waals surface area contributed by atoms with Gasteiger partial charge in [-0.2, -0.15) is 33.3 Å². The number of nitrogens with zero attached hydrogens (tertiary/aromatic N) is 6. The number of hydrogen-bond donors (Lipinski definition) is 4. The fourth-order valence-corrected chi connectivity index (χ4v) is 3.02. The SMILES string of the molecule is CNn1ncc(-c2c(N)nc(Nc3cccnc3C#N)nc2CCCN)c1C(F)(F)F. The lowest BCUT2D eigenvalue weighted by atomic mass is 10.0. The second-order valence-electron chi connectivity index (χ2n) is 6.32. The molecule has 0 aliphatic carbocycles. The first-order valence-corrected chi connectivity index (χ1v) is 9.12. The molecule has 162 valence electrons. The second kappa shape index (κ2) is 8.84. The number of alkyl halides is 3. The molecule has 0 bridgehead atoms. The normalized spacial score (nSPS) is 11.2. The van der Waals surface area contributed by atoms with Crippen LogP contribution in [-0.4, -0.2) is 38.4 Å². The number of nitrogen functional groups attached to an aromatic ring is 1. The smallest absolute Gasteiger partial charge is 0.383 e. The molecule has 0 aromatic carbocycles. The molecule has 0 radical (unpaired) electrons. The van der Waals surface area contributed by atoms with Crippen molar-refractivity contribution in [2.45, 2.75) is 19.0 Å². The number of hydrogen-bond acceptors (Lipinski definition) is 9. The second-order valence-corrected chi connectivity index (χ2v) is 6.32. The molecular weight excluding hydrogens is 413 g/mol. The molecule has 3 aromatic rings. The van der Waals surface area contributed by atoms with E-state index in [0.29, 0.717) is 23.4 Å². The molecule has 0 aliphatic heterocycles. The van der Waals surface area contributed by atoms with Crippen LogP contribution in [0.15, 0.2) is 24.5 Å². The average Bonchev–Trinajstić information content (AvgIpc) is 3.16. The van der Waals surface area contributed by atoms with Gasteiger partial charge in [-0.3, -0.25) is 0 Å². The topological polar surface area (TPSA) is 156 Å². The molecule has 0 unspecified atom stereocenters. The van der Waals surface area contributed by atoms with Crippen LogP contribution < -0.4 is 22.2 Å². The summed E-state index contributed by atoms with van der Waals surface area (Å²) in [5.74, 6) is -0.152. The maximum absolute atomic E-state index is 13.7. The average molecular weight is 432 g/mol. The molecule has 13 heteroatoms. The molecule has 0 saturated carbocycles. The number of aromatic nitrogens is 5. The van der Waals surface area contributed by atoms with Crippen molar-refractivity contribution in [1.82, 2.24) is 24.8 Å². The van der Waals surface area contributed by atoms with Gasteiger partial charge >= 0.3 is 6.18 Å². The number of nitriles is 1. The van der Waals surface area contributed by atoms with Gasteiger partial charge in [-0.1, -0.05) is 0 Å². The first kappa shape index (κ1) is 21.8. The molecule has 0 spiro atoms. The Morgan fingerprint density at radius 2 is 2.06 bits per heavy atom. The Kier molecular flexibility index (Phi) is 6.21. The van der Waals surface area contributed by atoms with Crippen molar-refractivity contribution in [1.29, 1.82) is 5.26 Å². The van der Waals surface area contributed by atoms with Gasteiger partial charge in [0.05, 0.1) is 17.6 Å². The van der Waals surface area contributed by atoms with Gasteiger partial charge in [0.15, 0.2) is 11.4 Å². The minimum atomic E-state index is -4.71. The van der Waals surface area contributed by atoms with Gasteiger partial charge < -0.3 is 22.2 Å². The van der Waals surface area contributed by atoms with Gasteiger partial charge in [0.1, 0.15) is 11.9 Å². The Morgan fingerprint density at radius 3 is 2.71 bits per heavy atom. The summed E-state index contributed by atoms with van der Waals surface area (Å²) in [6.45, 7) is 0.301. The van der Waals surface area contributed by atoms with E-state index in [-0.39, 0.29) is 40.7 Å². The first-order chi connectivity index (χ1) is 14.8. The Bertz CT molecular complexity index is 1120. The summed E-state index contributed by atoms with van der Waals surface area (Å²) in [4.78, 5) is 13.0. The van der Waals surface area contributed by atoms with E-state index in [0.717, 1.165) is 6.20 Å². The predicted octanol–water partition coefficient (Wildman–Crippen LogP) is 2.02. The molecule has 0 fully saturated rings. The number of rotatable bonds is 7. The Labute approximate surface area is 175 Å². The van der Waals surface area contributed by atoms with Crippen molar-refractivity contribution < 1.29 is 13.2 Å². The summed E-state index contributed by atoms with van der Waals surface area (Å²) in [6.07, 6.45) is -1.48. The van der Waals surface area contributed by atoms with Crippen molar-refractivity contribution in [2.75, 3.05) is 30.1 Å². The molecule has 3 heterocycles. The van der Waals surface area contributed by atoms with Gasteiger partial charge in [-0.25, -0.2) is 9.97 Å².